The van der Waals surface area contributed by atoms with Crippen LogP contribution in [0.2, 0.25) is 0 Å². The van der Waals surface area contributed by atoms with E-state index in [0.29, 0.717) is 6.61 Å². The summed E-state index contributed by atoms with van der Waals surface area (Å²) in [5.41, 5.74) is 6.10. The van der Waals surface area contributed by atoms with E-state index >= 15 is 0 Å². The minimum atomic E-state index is -0.143. The lowest BCUT2D eigenvalue weighted by Gasteiger charge is -2.43. The van der Waals surface area contributed by atoms with Gasteiger partial charge in [-0.25, -0.2) is 0 Å². The summed E-state index contributed by atoms with van der Waals surface area (Å²) in [5, 5.41) is 0. The third-order valence-corrected chi connectivity index (χ3v) is 4.29. The topological polar surface area (TPSA) is 55.6 Å². The maximum Gasteiger partial charge on any atom is 0.228 e. The number of rotatable bonds is 4. The quantitative estimate of drug-likeness (QED) is 0.925. The van der Waals surface area contributed by atoms with Crippen molar-refractivity contribution in [3.8, 4) is 5.75 Å². The molecule has 5 heteroatoms. The molecule has 22 heavy (non-hydrogen) atoms. The SMILES string of the molecule is CC(COc1ccccc1)C(=O)N1CCC(N)C(C)(C)C1.Cl. The number of amides is 1. The van der Waals surface area contributed by atoms with Crippen LogP contribution in [0, 0.1) is 11.3 Å². The molecule has 0 bridgehead atoms. The smallest absolute Gasteiger partial charge is 0.228 e. The van der Waals surface area contributed by atoms with Crippen LogP contribution in [0.25, 0.3) is 0 Å². The van der Waals surface area contributed by atoms with E-state index in [1.165, 1.54) is 0 Å². The molecule has 0 spiro atoms. The molecule has 1 aromatic rings. The summed E-state index contributed by atoms with van der Waals surface area (Å²) < 4.78 is 5.68. The molecule has 0 saturated carbocycles. The number of ether oxygens (including phenoxy) is 1. The predicted octanol–water partition coefficient (Wildman–Crippen LogP) is 2.71. The lowest BCUT2D eigenvalue weighted by Crippen LogP contribution is -2.55. The fourth-order valence-electron chi connectivity index (χ4n) is 2.68. The summed E-state index contributed by atoms with van der Waals surface area (Å²) in [7, 11) is 0. The van der Waals surface area contributed by atoms with Crippen LogP contribution in [-0.2, 0) is 4.79 Å². The molecule has 124 valence electrons. The molecule has 1 fully saturated rings. The second kappa shape index (κ2) is 7.84. The zero-order valence-electron chi connectivity index (χ0n) is 13.6. The van der Waals surface area contributed by atoms with Crippen molar-refractivity contribution in [2.45, 2.75) is 33.2 Å². The average Bonchev–Trinajstić information content (AvgIpc) is 2.48. The van der Waals surface area contributed by atoms with Crippen LogP contribution in [0.1, 0.15) is 27.2 Å². The molecule has 1 heterocycles. The van der Waals surface area contributed by atoms with Gasteiger partial charge in [-0.15, -0.1) is 12.4 Å². The molecular formula is C17H27ClN2O2. The normalized spacial score (nSPS) is 21.6. The summed E-state index contributed by atoms with van der Waals surface area (Å²) in [5.74, 6) is 0.819. The number of nitrogens with two attached hydrogens (primary N) is 1. The molecule has 1 aliphatic rings. The zero-order chi connectivity index (χ0) is 15.5. The summed E-state index contributed by atoms with van der Waals surface area (Å²) in [6.07, 6.45) is 0.866. The summed E-state index contributed by atoms with van der Waals surface area (Å²) >= 11 is 0. The lowest BCUT2D eigenvalue weighted by molar-refractivity contribution is -0.139. The number of benzene rings is 1. The van der Waals surface area contributed by atoms with Crippen molar-refractivity contribution >= 4 is 18.3 Å². The monoisotopic (exact) mass is 326 g/mol. The van der Waals surface area contributed by atoms with E-state index in [4.69, 9.17) is 10.5 Å². The Hall–Kier alpha value is -1.26. The Morgan fingerprint density at radius 2 is 2.05 bits per heavy atom. The predicted molar refractivity (Wildman–Crippen MR) is 91.3 cm³/mol. The maximum absolute atomic E-state index is 12.5. The van der Waals surface area contributed by atoms with E-state index in [1.807, 2.05) is 42.2 Å². The molecule has 1 saturated heterocycles. The minimum absolute atomic E-state index is 0. The van der Waals surface area contributed by atoms with Crippen molar-refractivity contribution in [2.75, 3.05) is 19.7 Å². The van der Waals surface area contributed by atoms with Crippen LogP contribution in [0.4, 0.5) is 0 Å². The number of likely N-dealkylation sites (tertiary alicyclic amines) is 1. The highest BCUT2D eigenvalue weighted by atomic mass is 35.5. The largest absolute Gasteiger partial charge is 0.493 e. The number of carbonyl (C=O) groups excluding carboxylic acids is 1. The lowest BCUT2D eigenvalue weighted by atomic mass is 9.79. The molecule has 2 atom stereocenters. The van der Waals surface area contributed by atoms with E-state index in [9.17, 15) is 4.79 Å². The van der Waals surface area contributed by atoms with Crippen molar-refractivity contribution < 1.29 is 9.53 Å². The second-order valence-electron chi connectivity index (χ2n) is 6.67. The number of carbonyl (C=O) groups is 1. The Labute approximate surface area is 139 Å². The standard InChI is InChI=1S/C17H26N2O2.ClH/c1-13(11-21-14-7-5-4-6-8-14)16(20)19-10-9-15(18)17(2,3)12-19;/h4-8,13,15H,9-12,18H2,1-3H3;1H. The van der Waals surface area contributed by atoms with Gasteiger partial charge >= 0.3 is 0 Å². The first-order valence-corrected chi connectivity index (χ1v) is 7.62. The Morgan fingerprint density at radius 3 is 2.64 bits per heavy atom. The second-order valence-corrected chi connectivity index (χ2v) is 6.67. The van der Waals surface area contributed by atoms with Crippen molar-refractivity contribution in [1.82, 2.24) is 4.90 Å². The van der Waals surface area contributed by atoms with E-state index in [0.717, 1.165) is 25.3 Å². The summed E-state index contributed by atoms with van der Waals surface area (Å²) in [6, 6.07) is 9.77. The summed E-state index contributed by atoms with van der Waals surface area (Å²) in [4.78, 5) is 14.5. The Balaban J connectivity index is 0.00000242. The molecule has 0 aliphatic carbocycles. The molecule has 2 rings (SSSR count). The van der Waals surface area contributed by atoms with E-state index in [-0.39, 0.29) is 35.7 Å². The van der Waals surface area contributed by atoms with Crippen LogP contribution < -0.4 is 10.5 Å². The molecule has 2 unspecified atom stereocenters. The van der Waals surface area contributed by atoms with Gasteiger partial charge in [0.15, 0.2) is 0 Å². The average molecular weight is 327 g/mol. The first-order chi connectivity index (χ1) is 9.90. The number of hydrogen-bond donors (Lipinski definition) is 1. The van der Waals surface area contributed by atoms with Gasteiger partial charge < -0.3 is 15.4 Å². The zero-order valence-corrected chi connectivity index (χ0v) is 14.4. The van der Waals surface area contributed by atoms with E-state index in [1.54, 1.807) is 0 Å². The maximum atomic E-state index is 12.5. The molecule has 0 radical (unpaired) electrons. The Bertz CT molecular complexity index is 479. The molecule has 1 amide bonds. The molecule has 2 N–H and O–H groups in total. The highest BCUT2D eigenvalue weighted by Gasteiger charge is 2.36. The van der Waals surface area contributed by atoms with Crippen molar-refractivity contribution in [1.29, 1.82) is 0 Å². The van der Waals surface area contributed by atoms with Gasteiger partial charge in [0.25, 0.3) is 0 Å². The minimum Gasteiger partial charge on any atom is -0.493 e. The van der Waals surface area contributed by atoms with E-state index in [2.05, 4.69) is 13.8 Å². The highest BCUT2D eigenvalue weighted by Crippen LogP contribution is 2.28. The number of nitrogens with zero attached hydrogens (tertiary/aromatic N) is 1. The number of halogens is 1. The number of para-hydroxylation sites is 1. The van der Waals surface area contributed by atoms with Gasteiger partial charge in [0.05, 0.1) is 12.5 Å². The van der Waals surface area contributed by atoms with Crippen LogP contribution in [-0.4, -0.2) is 36.5 Å². The van der Waals surface area contributed by atoms with Crippen molar-refractivity contribution in [3.05, 3.63) is 30.3 Å². The van der Waals surface area contributed by atoms with Crippen molar-refractivity contribution in [3.63, 3.8) is 0 Å². The van der Waals surface area contributed by atoms with Crippen LogP contribution in [0.15, 0.2) is 30.3 Å². The Morgan fingerprint density at radius 1 is 1.41 bits per heavy atom. The van der Waals surface area contributed by atoms with E-state index < -0.39 is 0 Å². The van der Waals surface area contributed by atoms with Gasteiger partial charge in [-0.05, 0) is 24.0 Å². The Kier molecular flexibility index (Phi) is 6.69. The van der Waals surface area contributed by atoms with Crippen LogP contribution in [0.5, 0.6) is 5.75 Å². The third kappa shape index (κ3) is 4.62. The number of piperidine rings is 1. The van der Waals surface area contributed by atoms with Gasteiger partial charge in [-0.1, -0.05) is 39.0 Å². The highest BCUT2D eigenvalue weighted by molar-refractivity contribution is 5.85. The fraction of sp³-hybridized carbons (Fsp3) is 0.588. The first kappa shape index (κ1) is 18.8. The number of hydrogen-bond acceptors (Lipinski definition) is 3. The van der Waals surface area contributed by atoms with Gasteiger partial charge in [0.2, 0.25) is 5.91 Å². The first-order valence-electron chi connectivity index (χ1n) is 7.62. The molecule has 4 nitrogen and oxygen atoms in total. The molecular weight excluding hydrogens is 300 g/mol. The van der Waals surface area contributed by atoms with Gasteiger partial charge in [-0.3, -0.25) is 4.79 Å². The third-order valence-electron chi connectivity index (χ3n) is 4.29. The van der Waals surface area contributed by atoms with Crippen LogP contribution >= 0.6 is 12.4 Å². The molecule has 1 aromatic carbocycles. The van der Waals surface area contributed by atoms with Crippen molar-refractivity contribution in [2.24, 2.45) is 17.1 Å². The summed E-state index contributed by atoms with van der Waals surface area (Å²) in [6.45, 7) is 8.06. The fourth-order valence-corrected chi connectivity index (χ4v) is 2.68. The molecule has 1 aliphatic heterocycles. The van der Waals surface area contributed by atoms with Gasteiger partial charge in [-0.2, -0.15) is 0 Å². The van der Waals surface area contributed by atoms with Crippen LogP contribution in [0.3, 0.4) is 0 Å². The van der Waals surface area contributed by atoms with Gasteiger partial charge in [0, 0.05) is 19.1 Å². The van der Waals surface area contributed by atoms with Gasteiger partial charge in [0.1, 0.15) is 5.75 Å². The molecule has 0 aromatic heterocycles.